The second-order valence-electron chi connectivity index (χ2n) is 2.00. The molecule has 0 bridgehead atoms. The Kier molecular flexibility index (Phi) is 2.54. The quantitative estimate of drug-likeness (QED) is 0.692. The molecule has 0 heterocycles. The van der Waals surface area contributed by atoms with Crippen molar-refractivity contribution in [3.63, 3.8) is 0 Å². The summed E-state index contributed by atoms with van der Waals surface area (Å²) in [6, 6.07) is 5.88. The lowest BCUT2D eigenvalue weighted by Gasteiger charge is -2.00. The van der Waals surface area contributed by atoms with Gasteiger partial charge in [0.2, 0.25) is 0 Å². The first-order valence-electron chi connectivity index (χ1n) is 2.89. The first-order chi connectivity index (χ1) is 4.72. The predicted octanol–water partition coefficient (Wildman–Crippen LogP) is 2.48. The van der Waals surface area contributed by atoms with Gasteiger partial charge in [0.1, 0.15) is 5.75 Å². The SMILES string of the molecule is [CH2]c1cc(I)cc(OC)c1. The molecule has 0 fully saturated rings. The highest BCUT2D eigenvalue weighted by molar-refractivity contribution is 14.1. The van der Waals surface area contributed by atoms with E-state index in [2.05, 4.69) is 29.5 Å². The van der Waals surface area contributed by atoms with Crippen LogP contribution in [0.4, 0.5) is 0 Å². The largest absolute Gasteiger partial charge is 0.497 e. The van der Waals surface area contributed by atoms with Crippen LogP contribution >= 0.6 is 22.6 Å². The molecule has 1 aromatic rings. The molecule has 1 nitrogen and oxygen atoms in total. The molecule has 0 spiro atoms. The summed E-state index contributed by atoms with van der Waals surface area (Å²) in [5.41, 5.74) is 0.990. The van der Waals surface area contributed by atoms with Crippen molar-refractivity contribution in [3.8, 4) is 5.75 Å². The van der Waals surface area contributed by atoms with E-state index in [0.717, 1.165) is 14.9 Å². The molecular formula is C8H8IO. The summed E-state index contributed by atoms with van der Waals surface area (Å²) in [5, 5.41) is 0. The number of halogens is 1. The van der Waals surface area contributed by atoms with Crippen molar-refractivity contribution >= 4 is 22.6 Å². The Balaban J connectivity index is 3.06. The molecular weight excluding hydrogens is 239 g/mol. The van der Waals surface area contributed by atoms with Crippen LogP contribution in [-0.4, -0.2) is 7.11 Å². The van der Waals surface area contributed by atoms with Crippen LogP contribution in [-0.2, 0) is 0 Å². The fourth-order valence-electron chi connectivity index (χ4n) is 0.739. The van der Waals surface area contributed by atoms with E-state index >= 15 is 0 Å². The molecule has 0 aliphatic heterocycles. The number of methoxy groups -OCH3 is 1. The Morgan fingerprint density at radius 2 is 2.10 bits per heavy atom. The lowest BCUT2D eigenvalue weighted by atomic mass is 10.2. The smallest absolute Gasteiger partial charge is 0.120 e. The van der Waals surface area contributed by atoms with E-state index in [9.17, 15) is 0 Å². The number of hydrogen-bond acceptors (Lipinski definition) is 1. The first kappa shape index (κ1) is 7.85. The maximum Gasteiger partial charge on any atom is 0.120 e. The second-order valence-corrected chi connectivity index (χ2v) is 3.24. The molecule has 0 aliphatic rings. The average Bonchev–Trinajstić information content (AvgIpc) is 1.85. The Hall–Kier alpha value is -0.250. The Morgan fingerprint density at radius 1 is 1.40 bits per heavy atom. The average molecular weight is 247 g/mol. The van der Waals surface area contributed by atoms with E-state index in [4.69, 9.17) is 4.74 Å². The lowest BCUT2D eigenvalue weighted by Crippen LogP contribution is -1.84. The molecule has 0 unspecified atom stereocenters. The zero-order chi connectivity index (χ0) is 7.56. The molecule has 0 saturated carbocycles. The molecule has 53 valence electrons. The third-order valence-electron chi connectivity index (χ3n) is 1.17. The van der Waals surface area contributed by atoms with Gasteiger partial charge in [0.05, 0.1) is 7.11 Å². The summed E-state index contributed by atoms with van der Waals surface area (Å²) in [4.78, 5) is 0. The summed E-state index contributed by atoms with van der Waals surface area (Å²) in [6.07, 6.45) is 0. The van der Waals surface area contributed by atoms with E-state index in [1.807, 2.05) is 18.2 Å². The lowest BCUT2D eigenvalue weighted by molar-refractivity contribution is 0.414. The van der Waals surface area contributed by atoms with Gasteiger partial charge >= 0.3 is 0 Å². The number of hydrogen-bond donors (Lipinski definition) is 0. The summed E-state index contributed by atoms with van der Waals surface area (Å²) < 4.78 is 6.19. The van der Waals surface area contributed by atoms with Gasteiger partial charge in [0, 0.05) is 3.57 Å². The number of rotatable bonds is 1. The summed E-state index contributed by atoms with van der Waals surface area (Å²) in [7, 11) is 1.66. The molecule has 0 aliphatic carbocycles. The van der Waals surface area contributed by atoms with Crippen LogP contribution in [0.5, 0.6) is 5.75 Å². The third kappa shape index (κ3) is 1.87. The monoisotopic (exact) mass is 247 g/mol. The molecule has 1 rings (SSSR count). The van der Waals surface area contributed by atoms with Gasteiger partial charge < -0.3 is 4.74 Å². The Bertz CT molecular complexity index is 212. The molecule has 1 radical (unpaired) electrons. The molecule has 0 N–H and O–H groups in total. The highest BCUT2D eigenvalue weighted by Gasteiger charge is 1.93. The van der Waals surface area contributed by atoms with Gasteiger partial charge in [-0.2, -0.15) is 0 Å². The van der Waals surface area contributed by atoms with Crippen LogP contribution in [0, 0.1) is 10.5 Å². The zero-order valence-corrected chi connectivity index (χ0v) is 7.88. The highest BCUT2D eigenvalue weighted by atomic mass is 127. The second kappa shape index (κ2) is 3.23. The van der Waals surface area contributed by atoms with E-state index in [1.54, 1.807) is 7.11 Å². The van der Waals surface area contributed by atoms with Gasteiger partial charge in [-0.15, -0.1) is 0 Å². The standard InChI is InChI=1S/C8H8IO/c1-6-3-7(9)5-8(4-6)10-2/h3-5H,1H2,2H3. The molecule has 2 heteroatoms. The highest BCUT2D eigenvalue weighted by Crippen LogP contribution is 2.17. The Labute approximate surface area is 74.5 Å². The molecule has 0 saturated heterocycles. The summed E-state index contributed by atoms with van der Waals surface area (Å²) >= 11 is 2.23. The minimum Gasteiger partial charge on any atom is -0.497 e. The van der Waals surface area contributed by atoms with Crippen molar-refractivity contribution in [2.75, 3.05) is 7.11 Å². The molecule has 0 atom stereocenters. The van der Waals surface area contributed by atoms with E-state index in [0.29, 0.717) is 0 Å². The summed E-state index contributed by atoms with van der Waals surface area (Å²) in [5.74, 6) is 0.872. The van der Waals surface area contributed by atoms with Crippen molar-refractivity contribution in [2.24, 2.45) is 0 Å². The summed E-state index contributed by atoms with van der Waals surface area (Å²) in [6.45, 7) is 3.81. The third-order valence-corrected chi connectivity index (χ3v) is 1.79. The first-order valence-corrected chi connectivity index (χ1v) is 3.97. The Morgan fingerprint density at radius 3 is 2.60 bits per heavy atom. The van der Waals surface area contributed by atoms with Crippen LogP contribution < -0.4 is 4.74 Å². The minimum absolute atomic E-state index is 0.872. The van der Waals surface area contributed by atoms with Crippen LogP contribution in [0.3, 0.4) is 0 Å². The normalized spacial score (nSPS) is 9.50. The van der Waals surface area contributed by atoms with E-state index in [-0.39, 0.29) is 0 Å². The van der Waals surface area contributed by atoms with Crippen LogP contribution in [0.15, 0.2) is 18.2 Å². The van der Waals surface area contributed by atoms with Crippen LogP contribution in [0.25, 0.3) is 0 Å². The molecule has 10 heavy (non-hydrogen) atoms. The molecule has 0 amide bonds. The number of benzene rings is 1. The van der Waals surface area contributed by atoms with E-state index < -0.39 is 0 Å². The van der Waals surface area contributed by atoms with Crippen molar-refractivity contribution < 1.29 is 4.74 Å². The maximum absolute atomic E-state index is 5.03. The van der Waals surface area contributed by atoms with Gasteiger partial charge in [0.15, 0.2) is 0 Å². The molecule has 0 aromatic heterocycles. The van der Waals surface area contributed by atoms with Gasteiger partial charge in [-0.25, -0.2) is 0 Å². The topological polar surface area (TPSA) is 9.23 Å². The zero-order valence-electron chi connectivity index (χ0n) is 5.73. The van der Waals surface area contributed by atoms with Crippen LogP contribution in [0.2, 0.25) is 0 Å². The van der Waals surface area contributed by atoms with Gasteiger partial charge in [-0.3, -0.25) is 0 Å². The van der Waals surface area contributed by atoms with Crippen LogP contribution in [0.1, 0.15) is 5.56 Å². The number of ether oxygens (including phenoxy) is 1. The minimum atomic E-state index is 0.872. The maximum atomic E-state index is 5.03. The van der Waals surface area contributed by atoms with Crippen molar-refractivity contribution in [2.45, 2.75) is 0 Å². The molecule has 1 aromatic carbocycles. The van der Waals surface area contributed by atoms with Gasteiger partial charge in [-0.05, 0) is 53.3 Å². The van der Waals surface area contributed by atoms with Crippen molar-refractivity contribution in [1.29, 1.82) is 0 Å². The fourth-order valence-corrected chi connectivity index (χ4v) is 1.45. The fraction of sp³-hybridized carbons (Fsp3) is 0.125. The van der Waals surface area contributed by atoms with Crippen molar-refractivity contribution in [3.05, 3.63) is 34.3 Å². The van der Waals surface area contributed by atoms with E-state index in [1.165, 1.54) is 0 Å². The van der Waals surface area contributed by atoms with Gasteiger partial charge in [0.25, 0.3) is 0 Å². The predicted molar refractivity (Wildman–Crippen MR) is 50.2 cm³/mol. The van der Waals surface area contributed by atoms with Crippen molar-refractivity contribution in [1.82, 2.24) is 0 Å². The van der Waals surface area contributed by atoms with Gasteiger partial charge in [-0.1, -0.05) is 0 Å².